The minimum atomic E-state index is -1.57. The number of nitrogens with one attached hydrogen (secondary N) is 9. The van der Waals surface area contributed by atoms with Crippen LogP contribution in [0.15, 0.2) is 97.3 Å². The van der Waals surface area contributed by atoms with Crippen LogP contribution in [0.4, 0.5) is 8.78 Å². The van der Waals surface area contributed by atoms with Crippen LogP contribution in [0, 0.1) is 11.6 Å². The summed E-state index contributed by atoms with van der Waals surface area (Å²) in [6.45, 7) is 3.62. The molecule has 29 heteroatoms. The van der Waals surface area contributed by atoms with Crippen molar-refractivity contribution in [2.24, 2.45) is 11.5 Å². The van der Waals surface area contributed by atoms with Crippen molar-refractivity contribution in [2.75, 3.05) is 44.9 Å². The van der Waals surface area contributed by atoms with Crippen molar-refractivity contribution in [3.05, 3.63) is 137 Å². The van der Waals surface area contributed by atoms with E-state index in [1.54, 1.807) is 43.6 Å². The fourth-order valence-electron chi connectivity index (χ4n) is 14.0. The number of amides is 10. The topological polar surface area (TPSA) is 363 Å². The van der Waals surface area contributed by atoms with E-state index in [2.05, 4.69) is 47.2 Å². The third-order valence-corrected chi connectivity index (χ3v) is 22.1. The van der Waals surface area contributed by atoms with Crippen molar-refractivity contribution in [1.29, 1.82) is 0 Å². The predicted molar refractivity (Wildman–Crippen MR) is 392 cm³/mol. The highest BCUT2D eigenvalue weighted by Crippen LogP contribution is 2.33. The number of aromatic nitrogens is 2. The lowest BCUT2D eigenvalue weighted by Gasteiger charge is -2.37. The molecule has 0 spiro atoms. The summed E-state index contributed by atoms with van der Waals surface area (Å²) in [4.78, 5) is 157. The molecule has 10 atom stereocenters. The van der Waals surface area contributed by atoms with Crippen molar-refractivity contribution in [3.63, 3.8) is 0 Å². The van der Waals surface area contributed by atoms with Crippen molar-refractivity contribution in [2.45, 2.75) is 188 Å². The summed E-state index contributed by atoms with van der Waals surface area (Å²) in [5.41, 5.74) is 14.6. The first-order valence-electron chi connectivity index (χ1n) is 35.8. The molecule has 0 aliphatic carbocycles. The van der Waals surface area contributed by atoms with Crippen LogP contribution < -0.4 is 53.4 Å². The van der Waals surface area contributed by atoms with E-state index < -0.39 is 131 Å². The molecule has 0 unspecified atom stereocenters. The number of benzene rings is 4. The molecule has 2 aromatic heterocycles. The highest BCUT2D eigenvalue weighted by Gasteiger charge is 2.49. The first-order chi connectivity index (χ1) is 50.1. The summed E-state index contributed by atoms with van der Waals surface area (Å²) >= 11 is 2.88. The number of halogens is 2. The van der Waals surface area contributed by atoms with Crippen LogP contribution in [0.5, 0.6) is 5.75 Å². The van der Waals surface area contributed by atoms with Gasteiger partial charge in [0.2, 0.25) is 59.1 Å². The van der Waals surface area contributed by atoms with Gasteiger partial charge in [0.25, 0.3) is 0 Å². The first-order valence-corrected chi connectivity index (χ1v) is 38.1. The zero-order valence-electron chi connectivity index (χ0n) is 58.9. The number of aromatic amines is 2. The van der Waals surface area contributed by atoms with E-state index in [0.717, 1.165) is 24.0 Å². The van der Waals surface area contributed by atoms with Gasteiger partial charge in [-0.3, -0.25) is 47.9 Å². The Kier molecular flexibility index (Phi) is 27.3. The zero-order valence-corrected chi connectivity index (χ0v) is 60.6. The highest BCUT2D eigenvalue weighted by atomic mass is 32.2. The second-order valence-electron chi connectivity index (χ2n) is 27.6. The lowest BCUT2D eigenvalue weighted by atomic mass is 9.95. The Morgan fingerprint density at radius 3 is 1.98 bits per heavy atom. The lowest BCUT2D eigenvalue weighted by Crippen LogP contribution is -2.63. The molecule has 104 heavy (non-hydrogen) atoms. The van der Waals surface area contributed by atoms with Gasteiger partial charge in [-0.15, -0.1) is 0 Å². The quantitative estimate of drug-likeness (QED) is 0.0694. The summed E-state index contributed by atoms with van der Waals surface area (Å²) in [6, 6.07) is 12.2. The van der Waals surface area contributed by atoms with E-state index in [9.17, 15) is 24.0 Å². The van der Waals surface area contributed by atoms with E-state index in [-0.39, 0.29) is 70.2 Å². The number of ether oxygens (including phenoxy) is 2. The van der Waals surface area contributed by atoms with Gasteiger partial charge in [0.1, 0.15) is 71.3 Å². The van der Waals surface area contributed by atoms with Crippen molar-refractivity contribution in [1.82, 2.24) is 57.0 Å². The Bertz CT molecular complexity index is 4070. The molecule has 6 heterocycles. The third kappa shape index (κ3) is 20.3. The van der Waals surface area contributed by atoms with Crippen LogP contribution in [0.1, 0.15) is 125 Å². The number of fused-ring (bicyclic) bond motifs is 8. The number of rotatable bonds is 12. The molecule has 10 amide bonds. The SMILES string of the molecule is COc1ccc(C[C@@H]2NC(=O)[C@@H]3CCCCCCCO[C@H]4C[C@@H](C(=O)N3)N(C4)C(=O)[C@H](Cc3c[nH]c4ccc(F)cc34)NC(=O)[C@H](Cc3c[nH]c4ccc(F)cc34)NC(=O)[C@@H](C)NC(=O)[C@H](CCCCN)NC(=O)CCSCc3cccc(c3)CSC[C@@H](C(N)=O)NC(=O)[C@]3(C)CCCN3C2=O)cc1. The number of nitrogens with zero attached hydrogens (tertiary/aromatic N) is 2. The maximum absolute atomic E-state index is 15.9. The van der Waals surface area contributed by atoms with E-state index >= 15 is 32.8 Å². The summed E-state index contributed by atoms with van der Waals surface area (Å²) in [7, 11) is 1.51. The second-order valence-corrected chi connectivity index (χ2v) is 29.7. The molecule has 5 bridgehead atoms. The molecular formula is C75H95F2N13O12S2. The molecule has 25 nitrogen and oxygen atoms in total. The summed E-state index contributed by atoms with van der Waals surface area (Å²) in [5.74, 6) is -6.24. The second kappa shape index (κ2) is 36.6. The zero-order chi connectivity index (χ0) is 74.0. The maximum Gasteiger partial charge on any atom is 0.246 e. The monoisotopic (exact) mass is 1470 g/mol. The standard InChI is InChI=1S/C75H95F2N13O12S2/c1-44-67(93)85-60(33-48-38-80-56-23-19-50(76)35-54(48)56)70(96)87-62(34-49-39-81-57-24-20-51(77)36-55(49)57)72(98)89-40-53-37-64(89)71(97)84-59(15-7-5-4-6-10-29-102-53)69(95)86-61(32-45-17-21-52(101-3)22-18-45)73(99)90-28-12-26-75(90,2)74(100)88-63(66(79)92)43-104-42-47-14-11-13-46(31-47)41-103-30-25-65(91)83-58(68(94)82-44)16-8-9-27-78/h11,13-14,17-24,31,35-36,38-39,44,53,58-64,80-81H,4-10,12,15-16,25-30,32-34,37,40-43,78H2,1-3H3,(H2,79,92)(H,82,94)(H,83,91)(H,84,97)(H,85,93)(H,86,95)(H,87,96)(H,88,100)/t44-,53+,58+,59+,60+,61+,62+,63+,64+,75+/m1/s1. The molecule has 0 saturated carbocycles. The minimum absolute atomic E-state index is 0.0403. The summed E-state index contributed by atoms with van der Waals surface area (Å²) < 4.78 is 42.0. The van der Waals surface area contributed by atoms with Crippen molar-refractivity contribution in [3.8, 4) is 5.75 Å². The fourth-order valence-corrected chi connectivity index (χ4v) is 15.9. The Hall–Kier alpha value is -9.06. The number of hydrogen-bond donors (Lipinski definition) is 11. The van der Waals surface area contributed by atoms with Crippen molar-refractivity contribution >= 4 is 104 Å². The third-order valence-electron chi connectivity index (χ3n) is 19.9. The molecular weight excluding hydrogens is 1380 g/mol. The number of hydrogen-bond acceptors (Lipinski definition) is 15. The number of carbonyl (C=O) groups excluding carboxylic acids is 10. The number of unbranched alkanes of at least 4 members (excludes halogenated alkanes) is 1. The smallest absolute Gasteiger partial charge is 0.246 e. The van der Waals surface area contributed by atoms with Crippen LogP contribution in [0.3, 0.4) is 0 Å². The van der Waals surface area contributed by atoms with Gasteiger partial charge in [-0.1, -0.05) is 62.1 Å². The Morgan fingerprint density at radius 1 is 0.663 bits per heavy atom. The molecule has 13 N–H and O–H groups in total. The number of methoxy groups -OCH3 is 1. The van der Waals surface area contributed by atoms with Crippen LogP contribution in [-0.4, -0.2) is 184 Å². The van der Waals surface area contributed by atoms with Crippen LogP contribution >= 0.6 is 23.5 Å². The van der Waals surface area contributed by atoms with Gasteiger partial charge in [0.05, 0.1) is 13.2 Å². The van der Waals surface area contributed by atoms with Crippen LogP contribution in [-0.2, 0) is 83.5 Å². The number of H-pyrrole nitrogens is 2. The Balaban J connectivity index is 1.00. The van der Waals surface area contributed by atoms with Gasteiger partial charge in [0, 0.05) is 109 Å². The minimum Gasteiger partial charge on any atom is -0.497 e. The van der Waals surface area contributed by atoms with E-state index in [1.807, 2.05) is 24.3 Å². The maximum atomic E-state index is 15.9. The summed E-state index contributed by atoms with van der Waals surface area (Å²) in [6.07, 6.45) is 6.98. The molecule has 4 aromatic carbocycles. The number of carbonyl (C=O) groups is 10. The van der Waals surface area contributed by atoms with E-state index in [4.69, 9.17) is 20.9 Å². The largest absolute Gasteiger partial charge is 0.497 e. The molecule has 4 aliphatic rings. The highest BCUT2D eigenvalue weighted by molar-refractivity contribution is 7.98. The Morgan fingerprint density at radius 2 is 1.30 bits per heavy atom. The van der Waals surface area contributed by atoms with Gasteiger partial charge < -0.3 is 77.9 Å². The number of thioether (sulfide) groups is 2. The van der Waals surface area contributed by atoms with Gasteiger partial charge in [-0.25, -0.2) is 8.78 Å². The van der Waals surface area contributed by atoms with Crippen LogP contribution in [0.2, 0.25) is 0 Å². The molecule has 4 aliphatic heterocycles. The molecule has 0 radical (unpaired) electrons. The van der Waals surface area contributed by atoms with Gasteiger partial charge >= 0.3 is 0 Å². The predicted octanol–water partition coefficient (Wildman–Crippen LogP) is 5.28. The van der Waals surface area contributed by atoms with E-state index in [1.165, 1.54) is 83.8 Å². The lowest BCUT2D eigenvalue weighted by molar-refractivity contribution is -0.147. The summed E-state index contributed by atoms with van der Waals surface area (Å²) in [5, 5.41) is 20.8. The molecule has 10 rings (SSSR count). The molecule has 558 valence electrons. The van der Waals surface area contributed by atoms with E-state index in [0.29, 0.717) is 113 Å². The molecule has 6 aromatic rings. The Labute approximate surface area is 611 Å². The van der Waals surface area contributed by atoms with Gasteiger partial charge in [-0.2, -0.15) is 23.5 Å². The van der Waals surface area contributed by atoms with Gasteiger partial charge in [0.15, 0.2) is 0 Å². The number of primary amides is 1. The van der Waals surface area contributed by atoms with Crippen LogP contribution in [0.25, 0.3) is 21.8 Å². The normalized spacial score (nSPS) is 25.6. The average Bonchev–Trinajstić information content (AvgIpc) is 1.60. The molecule has 3 fully saturated rings. The number of nitrogens with two attached hydrogens (primary N) is 2. The molecule has 3 saturated heterocycles. The van der Waals surface area contributed by atoms with Gasteiger partial charge in [-0.05, 0) is 142 Å². The van der Waals surface area contributed by atoms with Crippen molar-refractivity contribution < 1.29 is 66.2 Å². The first kappa shape index (κ1) is 77.6. The fraction of sp³-hybridized carbons (Fsp3) is 0.493. The average molecular weight is 1470 g/mol.